The Labute approximate surface area is 147 Å². The van der Waals surface area contributed by atoms with Crippen molar-refractivity contribution in [2.24, 2.45) is 5.92 Å². The van der Waals surface area contributed by atoms with Crippen molar-refractivity contribution in [2.45, 2.75) is 27.3 Å². The second-order valence-corrected chi connectivity index (χ2v) is 6.07. The molecule has 132 valence electrons. The molecule has 3 amide bonds. The van der Waals surface area contributed by atoms with Crippen LogP contribution in [0.15, 0.2) is 36.4 Å². The third-order valence-electron chi connectivity index (χ3n) is 3.40. The van der Waals surface area contributed by atoms with Gasteiger partial charge in [-0.25, -0.2) is 9.78 Å². The van der Waals surface area contributed by atoms with Crippen molar-refractivity contribution in [2.75, 3.05) is 16.4 Å². The predicted octanol–water partition coefficient (Wildman–Crippen LogP) is 2.89. The normalized spacial score (nSPS) is 10.4. The number of nitrogen functional groups attached to an aromatic ring is 1. The highest BCUT2D eigenvalue weighted by Crippen LogP contribution is 2.16. The fourth-order valence-corrected chi connectivity index (χ4v) is 2.19. The Balaban J connectivity index is 1.93. The van der Waals surface area contributed by atoms with Gasteiger partial charge in [-0.05, 0) is 42.8 Å². The fourth-order valence-electron chi connectivity index (χ4n) is 2.19. The Morgan fingerprint density at radius 1 is 1.12 bits per heavy atom. The number of aryl methyl sites for hydroxylation is 1. The lowest BCUT2D eigenvalue weighted by Gasteiger charge is -2.11. The molecule has 1 aromatic heterocycles. The number of urea groups is 1. The zero-order valence-corrected chi connectivity index (χ0v) is 14.6. The van der Waals surface area contributed by atoms with Gasteiger partial charge in [0, 0.05) is 29.5 Å². The van der Waals surface area contributed by atoms with Crippen molar-refractivity contribution >= 4 is 29.1 Å². The van der Waals surface area contributed by atoms with Crippen molar-refractivity contribution in [3.05, 3.63) is 47.7 Å². The number of pyridine rings is 1. The van der Waals surface area contributed by atoms with Crippen LogP contribution in [-0.4, -0.2) is 16.9 Å². The van der Waals surface area contributed by atoms with Gasteiger partial charge >= 0.3 is 6.03 Å². The van der Waals surface area contributed by atoms with E-state index in [0.717, 1.165) is 11.3 Å². The van der Waals surface area contributed by atoms with Gasteiger partial charge in [0.1, 0.15) is 5.82 Å². The molecule has 0 fully saturated rings. The lowest BCUT2D eigenvalue weighted by Crippen LogP contribution is -2.28. The molecule has 7 nitrogen and oxygen atoms in total. The van der Waals surface area contributed by atoms with Crippen molar-refractivity contribution in [1.82, 2.24) is 10.3 Å². The van der Waals surface area contributed by atoms with Crippen LogP contribution in [0.4, 0.5) is 22.0 Å². The molecule has 0 radical (unpaired) electrons. The lowest BCUT2D eigenvalue weighted by molar-refractivity contribution is -0.118. The highest BCUT2D eigenvalue weighted by atomic mass is 16.2. The van der Waals surface area contributed by atoms with Crippen LogP contribution in [0.2, 0.25) is 0 Å². The monoisotopic (exact) mass is 341 g/mol. The molecule has 0 unspecified atom stereocenters. The smallest absolute Gasteiger partial charge is 0.319 e. The molecule has 25 heavy (non-hydrogen) atoms. The molecule has 0 saturated carbocycles. The summed E-state index contributed by atoms with van der Waals surface area (Å²) >= 11 is 0. The van der Waals surface area contributed by atoms with E-state index in [9.17, 15) is 9.59 Å². The molecule has 7 heteroatoms. The maximum Gasteiger partial charge on any atom is 0.319 e. The summed E-state index contributed by atoms with van der Waals surface area (Å²) < 4.78 is 0. The number of carbonyl (C=O) groups is 2. The Bertz CT molecular complexity index is 754. The topological polar surface area (TPSA) is 109 Å². The summed E-state index contributed by atoms with van der Waals surface area (Å²) in [6, 6.07) is 10.2. The predicted molar refractivity (Wildman–Crippen MR) is 99.2 cm³/mol. The largest absolute Gasteiger partial charge is 0.384 e. The van der Waals surface area contributed by atoms with E-state index in [1.165, 1.54) is 0 Å². The number of rotatable bonds is 5. The van der Waals surface area contributed by atoms with Gasteiger partial charge in [-0.1, -0.05) is 19.9 Å². The molecule has 2 rings (SSSR count). The van der Waals surface area contributed by atoms with Crippen LogP contribution in [0, 0.1) is 12.8 Å². The number of hydrogen-bond acceptors (Lipinski definition) is 4. The number of aromatic nitrogens is 1. The fraction of sp³-hybridized carbons (Fsp3) is 0.278. The molecule has 1 heterocycles. The minimum atomic E-state index is -0.347. The van der Waals surface area contributed by atoms with Crippen molar-refractivity contribution in [1.29, 1.82) is 0 Å². The number of nitrogens with two attached hydrogens (primary N) is 1. The van der Waals surface area contributed by atoms with Crippen molar-refractivity contribution in [3.63, 3.8) is 0 Å². The minimum absolute atomic E-state index is 0.0766. The van der Waals surface area contributed by atoms with Crippen LogP contribution < -0.4 is 21.7 Å². The molecule has 5 N–H and O–H groups in total. The molecular formula is C18H23N5O2. The second-order valence-electron chi connectivity index (χ2n) is 6.07. The number of nitrogens with zero attached hydrogens (tertiary/aromatic N) is 1. The number of amides is 3. The third kappa shape index (κ3) is 5.80. The maximum absolute atomic E-state index is 12.0. The second kappa shape index (κ2) is 8.14. The average Bonchev–Trinajstić information content (AvgIpc) is 2.52. The van der Waals surface area contributed by atoms with E-state index in [2.05, 4.69) is 20.9 Å². The van der Waals surface area contributed by atoms with Gasteiger partial charge in [0.2, 0.25) is 5.91 Å². The molecule has 1 aromatic carbocycles. The summed E-state index contributed by atoms with van der Waals surface area (Å²) in [7, 11) is 0. The summed E-state index contributed by atoms with van der Waals surface area (Å²) in [6.45, 7) is 5.82. The first-order valence-corrected chi connectivity index (χ1v) is 8.02. The first kappa shape index (κ1) is 18.3. The van der Waals surface area contributed by atoms with E-state index < -0.39 is 0 Å². The average molecular weight is 341 g/mol. The van der Waals surface area contributed by atoms with E-state index in [1.54, 1.807) is 30.3 Å². The van der Waals surface area contributed by atoms with Crippen LogP contribution in [0.1, 0.15) is 25.1 Å². The van der Waals surface area contributed by atoms with E-state index in [4.69, 9.17) is 5.73 Å². The molecule has 0 aliphatic heterocycles. The highest BCUT2D eigenvalue weighted by molar-refractivity contribution is 5.94. The van der Waals surface area contributed by atoms with Crippen LogP contribution in [-0.2, 0) is 11.3 Å². The summed E-state index contributed by atoms with van der Waals surface area (Å²) in [5.41, 5.74) is 8.58. The van der Waals surface area contributed by atoms with Crippen LogP contribution in [0.25, 0.3) is 0 Å². The standard InChI is InChI=1S/C18H23N5O2/c1-11(2)17(24)22-14-5-4-6-15(9-14)23-18(25)20-10-13-7-12(3)21-16(19)8-13/h4-9,11H,10H2,1-3H3,(H2,19,21)(H,22,24)(H2,20,23,25). The zero-order chi connectivity index (χ0) is 18.4. The van der Waals surface area contributed by atoms with Gasteiger partial charge in [-0.3, -0.25) is 4.79 Å². The third-order valence-corrected chi connectivity index (χ3v) is 3.40. The van der Waals surface area contributed by atoms with E-state index >= 15 is 0 Å². The van der Waals surface area contributed by atoms with Gasteiger partial charge in [0.15, 0.2) is 0 Å². The Morgan fingerprint density at radius 2 is 1.80 bits per heavy atom. The summed E-state index contributed by atoms with van der Waals surface area (Å²) in [5.74, 6) is 0.231. The van der Waals surface area contributed by atoms with E-state index in [1.807, 2.05) is 26.8 Å². The maximum atomic E-state index is 12.0. The molecule has 0 atom stereocenters. The number of benzene rings is 1. The number of anilines is 3. The first-order valence-electron chi connectivity index (χ1n) is 8.02. The van der Waals surface area contributed by atoms with Gasteiger partial charge < -0.3 is 21.7 Å². The van der Waals surface area contributed by atoms with E-state index in [0.29, 0.717) is 23.7 Å². The Kier molecular flexibility index (Phi) is 5.94. The molecule has 0 aliphatic carbocycles. The van der Waals surface area contributed by atoms with Gasteiger partial charge in [-0.15, -0.1) is 0 Å². The minimum Gasteiger partial charge on any atom is -0.384 e. The molecule has 0 saturated heterocycles. The van der Waals surface area contributed by atoms with Crippen LogP contribution in [0.5, 0.6) is 0 Å². The zero-order valence-electron chi connectivity index (χ0n) is 14.6. The summed E-state index contributed by atoms with van der Waals surface area (Å²) in [4.78, 5) is 27.9. The summed E-state index contributed by atoms with van der Waals surface area (Å²) in [6.07, 6.45) is 0. The van der Waals surface area contributed by atoms with E-state index in [-0.39, 0.29) is 17.9 Å². The lowest BCUT2D eigenvalue weighted by atomic mass is 10.2. The van der Waals surface area contributed by atoms with Crippen molar-refractivity contribution in [3.8, 4) is 0 Å². The van der Waals surface area contributed by atoms with Crippen molar-refractivity contribution < 1.29 is 9.59 Å². The summed E-state index contributed by atoms with van der Waals surface area (Å²) in [5, 5.41) is 8.29. The first-order chi connectivity index (χ1) is 11.8. The Hall–Kier alpha value is -3.09. The van der Waals surface area contributed by atoms with Crippen LogP contribution >= 0.6 is 0 Å². The molecular weight excluding hydrogens is 318 g/mol. The number of nitrogens with one attached hydrogen (secondary N) is 3. The number of carbonyl (C=O) groups excluding carboxylic acids is 2. The molecule has 2 aromatic rings. The quantitative estimate of drug-likeness (QED) is 0.670. The van der Waals surface area contributed by atoms with Gasteiger partial charge in [-0.2, -0.15) is 0 Å². The van der Waals surface area contributed by atoms with Gasteiger partial charge in [0.05, 0.1) is 0 Å². The Morgan fingerprint density at radius 3 is 2.44 bits per heavy atom. The number of hydrogen-bond donors (Lipinski definition) is 4. The highest BCUT2D eigenvalue weighted by Gasteiger charge is 2.08. The molecule has 0 aliphatic rings. The molecule has 0 bridgehead atoms. The SMILES string of the molecule is Cc1cc(CNC(=O)Nc2cccc(NC(=O)C(C)C)c2)cc(N)n1. The molecule has 0 spiro atoms. The van der Waals surface area contributed by atoms with Gasteiger partial charge in [0.25, 0.3) is 0 Å². The van der Waals surface area contributed by atoms with Crippen LogP contribution in [0.3, 0.4) is 0 Å².